The van der Waals surface area contributed by atoms with Gasteiger partial charge in [-0.2, -0.15) is 0 Å². The van der Waals surface area contributed by atoms with Crippen LogP contribution in [0.4, 0.5) is 0 Å². The van der Waals surface area contributed by atoms with Crippen molar-refractivity contribution in [3.05, 3.63) is 29.3 Å². The van der Waals surface area contributed by atoms with Crippen molar-refractivity contribution in [1.82, 2.24) is 4.90 Å². The van der Waals surface area contributed by atoms with Crippen LogP contribution in [0.3, 0.4) is 0 Å². The molecular weight excluding hydrogens is 242 g/mol. The van der Waals surface area contributed by atoms with Gasteiger partial charge < -0.3 is 10.2 Å². The van der Waals surface area contributed by atoms with Gasteiger partial charge in [-0.15, -0.1) is 0 Å². The second-order valence-electron chi connectivity index (χ2n) is 5.50. The van der Waals surface area contributed by atoms with E-state index in [4.69, 9.17) is 5.11 Å². The lowest BCUT2D eigenvalue weighted by atomic mass is 10.0. The third-order valence-electron chi connectivity index (χ3n) is 3.71. The molecule has 1 atom stereocenters. The molecule has 1 aromatic carbocycles. The summed E-state index contributed by atoms with van der Waals surface area (Å²) >= 11 is 0. The van der Waals surface area contributed by atoms with E-state index >= 15 is 0 Å². The topological polar surface area (TPSA) is 60.8 Å². The van der Waals surface area contributed by atoms with Crippen molar-refractivity contribution in [3.63, 3.8) is 0 Å². The Bertz CT molecular complexity index is 468. The monoisotopic (exact) mass is 263 g/mol. The number of carboxylic acid groups (broad SMARTS) is 1. The first-order chi connectivity index (χ1) is 8.97. The summed E-state index contributed by atoms with van der Waals surface area (Å²) in [6.45, 7) is 4.74. The number of aromatic hydroxyl groups is 1. The zero-order chi connectivity index (χ0) is 14.0. The van der Waals surface area contributed by atoms with Crippen molar-refractivity contribution in [2.45, 2.75) is 32.7 Å². The molecule has 0 saturated heterocycles. The highest BCUT2D eigenvalue weighted by Gasteiger charge is 2.29. The molecule has 0 amide bonds. The van der Waals surface area contributed by atoms with Crippen molar-refractivity contribution < 1.29 is 15.0 Å². The van der Waals surface area contributed by atoms with E-state index in [-0.39, 0.29) is 18.3 Å². The minimum Gasteiger partial charge on any atom is -0.508 e. The molecule has 2 rings (SSSR count). The number of rotatable bonds is 6. The van der Waals surface area contributed by atoms with Gasteiger partial charge >= 0.3 is 5.97 Å². The summed E-state index contributed by atoms with van der Waals surface area (Å²) in [7, 11) is 0. The Morgan fingerprint density at radius 3 is 2.74 bits per heavy atom. The Morgan fingerprint density at radius 1 is 1.47 bits per heavy atom. The molecule has 2 N–H and O–H groups in total. The average molecular weight is 263 g/mol. The Balaban J connectivity index is 2.18. The van der Waals surface area contributed by atoms with Gasteiger partial charge in [-0.3, -0.25) is 9.69 Å². The SMILES string of the molecule is Cc1ccc(O)c(C(C)N(CC(=O)O)CC2CC2)c1. The number of aliphatic carboxylic acids is 1. The van der Waals surface area contributed by atoms with E-state index in [1.165, 1.54) is 12.8 Å². The van der Waals surface area contributed by atoms with Gasteiger partial charge in [0.25, 0.3) is 0 Å². The maximum absolute atomic E-state index is 11.0. The largest absolute Gasteiger partial charge is 0.508 e. The normalized spacial score (nSPS) is 16.6. The average Bonchev–Trinajstić information content (AvgIpc) is 3.14. The molecule has 4 heteroatoms. The number of carbonyl (C=O) groups is 1. The number of phenols is 1. The molecule has 1 unspecified atom stereocenters. The lowest BCUT2D eigenvalue weighted by Crippen LogP contribution is -2.34. The number of benzene rings is 1. The van der Waals surface area contributed by atoms with Crippen LogP contribution in [0, 0.1) is 12.8 Å². The zero-order valence-electron chi connectivity index (χ0n) is 11.5. The highest BCUT2D eigenvalue weighted by Crippen LogP contribution is 2.34. The smallest absolute Gasteiger partial charge is 0.317 e. The number of hydrogen-bond acceptors (Lipinski definition) is 3. The maximum Gasteiger partial charge on any atom is 0.317 e. The fourth-order valence-corrected chi connectivity index (χ4v) is 2.37. The van der Waals surface area contributed by atoms with Gasteiger partial charge in [-0.05, 0) is 38.7 Å². The van der Waals surface area contributed by atoms with Gasteiger partial charge in [-0.25, -0.2) is 0 Å². The highest BCUT2D eigenvalue weighted by molar-refractivity contribution is 5.69. The van der Waals surface area contributed by atoms with Crippen molar-refractivity contribution in [2.75, 3.05) is 13.1 Å². The molecule has 104 valence electrons. The number of carboxylic acids is 1. The molecule has 1 aliphatic carbocycles. The third-order valence-corrected chi connectivity index (χ3v) is 3.71. The quantitative estimate of drug-likeness (QED) is 0.828. The summed E-state index contributed by atoms with van der Waals surface area (Å²) in [5.41, 5.74) is 1.88. The molecule has 0 bridgehead atoms. The van der Waals surface area contributed by atoms with E-state index in [1.54, 1.807) is 6.07 Å². The number of nitrogens with zero attached hydrogens (tertiary/aromatic N) is 1. The first-order valence-corrected chi connectivity index (χ1v) is 6.72. The number of aryl methyl sites for hydroxylation is 1. The maximum atomic E-state index is 11.0. The van der Waals surface area contributed by atoms with Crippen molar-refractivity contribution in [3.8, 4) is 5.75 Å². The van der Waals surface area contributed by atoms with Crippen LogP contribution >= 0.6 is 0 Å². The van der Waals surface area contributed by atoms with Crippen LogP contribution in [0.25, 0.3) is 0 Å². The molecule has 1 saturated carbocycles. The fraction of sp³-hybridized carbons (Fsp3) is 0.533. The van der Waals surface area contributed by atoms with Crippen molar-refractivity contribution >= 4 is 5.97 Å². The van der Waals surface area contributed by atoms with Crippen molar-refractivity contribution in [1.29, 1.82) is 0 Å². The summed E-state index contributed by atoms with van der Waals surface area (Å²) in [6.07, 6.45) is 2.37. The van der Waals surface area contributed by atoms with Gasteiger partial charge in [0.2, 0.25) is 0 Å². The second kappa shape index (κ2) is 5.61. The van der Waals surface area contributed by atoms with Crippen molar-refractivity contribution in [2.24, 2.45) is 5.92 Å². The van der Waals surface area contributed by atoms with Crippen LogP contribution in [0.2, 0.25) is 0 Å². The van der Waals surface area contributed by atoms with Gasteiger partial charge in [0.1, 0.15) is 5.75 Å². The molecular formula is C15H21NO3. The van der Waals surface area contributed by atoms with Crippen LogP contribution < -0.4 is 0 Å². The number of phenolic OH excluding ortho intramolecular Hbond substituents is 1. The summed E-state index contributed by atoms with van der Waals surface area (Å²) in [6, 6.07) is 5.38. The first-order valence-electron chi connectivity index (χ1n) is 6.72. The minimum absolute atomic E-state index is 0.0189. The predicted octanol–water partition coefficient (Wildman–Crippen LogP) is 2.56. The molecule has 19 heavy (non-hydrogen) atoms. The second-order valence-corrected chi connectivity index (χ2v) is 5.50. The van der Waals surface area contributed by atoms with Crippen LogP contribution in [0.15, 0.2) is 18.2 Å². The van der Waals surface area contributed by atoms with E-state index in [9.17, 15) is 9.90 Å². The summed E-state index contributed by atoms with van der Waals surface area (Å²) in [5.74, 6) is 0.0395. The lowest BCUT2D eigenvalue weighted by Gasteiger charge is -2.28. The summed E-state index contributed by atoms with van der Waals surface area (Å²) in [5, 5.41) is 19.0. The number of hydrogen-bond donors (Lipinski definition) is 2. The molecule has 1 aliphatic rings. The van der Waals surface area contributed by atoms with Gasteiger partial charge in [0, 0.05) is 18.2 Å². The Hall–Kier alpha value is -1.55. The molecule has 0 spiro atoms. The fourth-order valence-electron chi connectivity index (χ4n) is 2.37. The van der Waals surface area contributed by atoms with E-state index in [2.05, 4.69) is 0 Å². The van der Waals surface area contributed by atoms with E-state index in [1.807, 2.05) is 30.9 Å². The molecule has 1 aromatic rings. The molecule has 0 radical (unpaired) electrons. The molecule has 0 aromatic heterocycles. The molecule has 0 aliphatic heterocycles. The third kappa shape index (κ3) is 3.70. The van der Waals surface area contributed by atoms with Gasteiger partial charge in [0.05, 0.1) is 6.54 Å². The van der Waals surface area contributed by atoms with Gasteiger partial charge in [-0.1, -0.05) is 17.7 Å². The van der Waals surface area contributed by atoms with Crippen LogP contribution in [0.1, 0.15) is 36.9 Å². The van der Waals surface area contributed by atoms with E-state index in [0.717, 1.165) is 17.7 Å². The molecule has 4 nitrogen and oxygen atoms in total. The summed E-state index contributed by atoms with van der Waals surface area (Å²) in [4.78, 5) is 12.9. The zero-order valence-corrected chi connectivity index (χ0v) is 11.5. The molecule has 1 fully saturated rings. The molecule has 0 heterocycles. The first kappa shape index (κ1) is 13.9. The van der Waals surface area contributed by atoms with E-state index < -0.39 is 5.97 Å². The minimum atomic E-state index is -0.820. The predicted molar refractivity (Wildman–Crippen MR) is 73.2 cm³/mol. The standard InChI is InChI=1S/C15H21NO3/c1-10-3-6-14(17)13(7-10)11(2)16(9-15(18)19)8-12-4-5-12/h3,6-7,11-12,17H,4-5,8-9H2,1-2H3,(H,18,19). The van der Waals surface area contributed by atoms with Gasteiger partial charge in [0.15, 0.2) is 0 Å². The Morgan fingerprint density at radius 2 is 2.16 bits per heavy atom. The van der Waals surface area contributed by atoms with Crippen LogP contribution in [-0.2, 0) is 4.79 Å². The highest BCUT2D eigenvalue weighted by atomic mass is 16.4. The lowest BCUT2D eigenvalue weighted by molar-refractivity contribution is -0.139. The van der Waals surface area contributed by atoms with Crippen LogP contribution in [0.5, 0.6) is 5.75 Å². The van der Waals surface area contributed by atoms with E-state index in [0.29, 0.717) is 5.92 Å². The Kier molecular flexibility index (Phi) is 4.10. The Labute approximate surface area is 113 Å². The van der Waals surface area contributed by atoms with Crippen LogP contribution in [-0.4, -0.2) is 34.2 Å². The summed E-state index contributed by atoms with van der Waals surface area (Å²) < 4.78 is 0.